The molecule has 1 atom stereocenters. The summed E-state index contributed by atoms with van der Waals surface area (Å²) < 4.78 is 36.4. The van der Waals surface area contributed by atoms with Crippen molar-refractivity contribution in [3.05, 3.63) is 28.0 Å². The summed E-state index contributed by atoms with van der Waals surface area (Å²) >= 11 is 3.06. The zero-order chi connectivity index (χ0) is 16.4. The predicted molar refractivity (Wildman–Crippen MR) is 83.5 cm³/mol. The molecule has 0 saturated carbocycles. The van der Waals surface area contributed by atoms with Gasteiger partial charge >= 0.3 is 0 Å². The molecule has 1 unspecified atom stereocenters. The lowest BCUT2D eigenvalue weighted by Gasteiger charge is -2.21. The van der Waals surface area contributed by atoms with Gasteiger partial charge < -0.3 is 5.32 Å². The van der Waals surface area contributed by atoms with Crippen LogP contribution in [-0.4, -0.2) is 20.4 Å². The fraction of sp³-hybridized carbons (Fsp3) is 0.462. The van der Waals surface area contributed by atoms with Crippen LogP contribution in [0.25, 0.3) is 0 Å². The number of hydrogen-bond donors (Lipinski definition) is 1. The SMILES string of the molecule is CCC(NC(=O)c1cc(S(=O)(=O)Cl)c(F)cc1Br)C(C)C. The third-order valence-corrected chi connectivity index (χ3v) is 5.08. The topological polar surface area (TPSA) is 63.2 Å². The van der Waals surface area contributed by atoms with Crippen molar-refractivity contribution < 1.29 is 17.6 Å². The highest BCUT2D eigenvalue weighted by molar-refractivity contribution is 9.10. The fourth-order valence-corrected chi connectivity index (χ4v) is 3.28. The first-order valence-electron chi connectivity index (χ1n) is 6.32. The lowest BCUT2D eigenvalue weighted by molar-refractivity contribution is 0.0923. The standard InChI is InChI=1S/C13H16BrClFNO3S/c1-4-11(7(2)3)17-13(18)8-5-12(21(15,19)20)10(16)6-9(8)14/h5-7,11H,4H2,1-3H3,(H,17,18). The van der Waals surface area contributed by atoms with Crippen LogP contribution in [0.3, 0.4) is 0 Å². The van der Waals surface area contributed by atoms with Crippen molar-refractivity contribution in [2.75, 3.05) is 0 Å². The van der Waals surface area contributed by atoms with Gasteiger partial charge in [-0.3, -0.25) is 4.79 Å². The molecule has 4 nitrogen and oxygen atoms in total. The third kappa shape index (κ3) is 4.66. The van der Waals surface area contributed by atoms with E-state index in [1.165, 1.54) is 0 Å². The number of amides is 1. The number of rotatable bonds is 5. The Morgan fingerprint density at radius 2 is 2.00 bits per heavy atom. The zero-order valence-corrected chi connectivity index (χ0v) is 14.9. The first-order chi connectivity index (χ1) is 9.57. The summed E-state index contributed by atoms with van der Waals surface area (Å²) in [7, 11) is 0.901. The number of carbonyl (C=O) groups excluding carboxylic acids is 1. The van der Waals surface area contributed by atoms with Gasteiger partial charge in [-0.15, -0.1) is 0 Å². The molecular weight excluding hydrogens is 385 g/mol. The molecule has 1 aromatic carbocycles. The van der Waals surface area contributed by atoms with Crippen molar-refractivity contribution in [2.24, 2.45) is 5.92 Å². The Morgan fingerprint density at radius 3 is 2.43 bits per heavy atom. The molecule has 0 spiro atoms. The Kier molecular flexibility index (Phi) is 6.19. The minimum atomic E-state index is -4.26. The Labute approximate surface area is 136 Å². The molecule has 0 heterocycles. The minimum Gasteiger partial charge on any atom is -0.349 e. The normalized spacial score (nSPS) is 13.3. The second-order valence-corrected chi connectivity index (χ2v) is 8.32. The van der Waals surface area contributed by atoms with E-state index in [2.05, 4.69) is 21.2 Å². The molecule has 0 saturated heterocycles. The molecule has 0 bridgehead atoms. The van der Waals surface area contributed by atoms with Gasteiger partial charge in [0.2, 0.25) is 0 Å². The summed E-state index contributed by atoms with van der Waals surface area (Å²) in [6.07, 6.45) is 0.725. The fourth-order valence-electron chi connectivity index (χ4n) is 1.88. The quantitative estimate of drug-likeness (QED) is 0.767. The van der Waals surface area contributed by atoms with Crippen LogP contribution in [0.1, 0.15) is 37.6 Å². The van der Waals surface area contributed by atoms with Crippen LogP contribution in [0.15, 0.2) is 21.5 Å². The molecule has 0 aromatic heterocycles. The van der Waals surface area contributed by atoms with Crippen LogP contribution >= 0.6 is 26.6 Å². The molecule has 1 aromatic rings. The smallest absolute Gasteiger partial charge is 0.264 e. The molecule has 0 radical (unpaired) electrons. The maximum absolute atomic E-state index is 13.6. The number of hydrogen-bond acceptors (Lipinski definition) is 3. The minimum absolute atomic E-state index is 0.0229. The van der Waals surface area contributed by atoms with E-state index in [0.717, 1.165) is 18.6 Å². The van der Waals surface area contributed by atoms with Crippen molar-refractivity contribution >= 4 is 41.6 Å². The van der Waals surface area contributed by atoms with Gasteiger partial charge in [0.25, 0.3) is 15.0 Å². The maximum atomic E-state index is 13.6. The summed E-state index contributed by atoms with van der Waals surface area (Å²) in [5.41, 5.74) is 0.0229. The lowest BCUT2D eigenvalue weighted by Crippen LogP contribution is -2.38. The Bertz CT molecular complexity index is 649. The molecule has 0 aliphatic rings. The van der Waals surface area contributed by atoms with Gasteiger partial charge in [0.15, 0.2) is 0 Å². The number of nitrogens with one attached hydrogen (secondary N) is 1. The van der Waals surface area contributed by atoms with E-state index in [1.54, 1.807) is 0 Å². The highest BCUT2D eigenvalue weighted by atomic mass is 79.9. The molecule has 1 amide bonds. The van der Waals surface area contributed by atoms with Gasteiger partial charge in [0.05, 0.1) is 5.56 Å². The first-order valence-corrected chi connectivity index (χ1v) is 9.42. The lowest BCUT2D eigenvalue weighted by atomic mass is 10.0. The van der Waals surface area contributed by atoms with Crippen LogP contribution in [0.2, 0.25) is 0 Å². The summed E-state index contributed by atoms with van der Waals surface area (Å²) in [6, 6.07) is 1.79. The average Bonchev–Trinajstić information content (AvgIpc) is 2.33. The molecule has 21 heavy (non-hydrogen) atoms. The molecule has 0 aliphatic heterocycles. The van der Waals surface area contributed by atoms with Crippen molar-refractivity contribution in [2.45, 2.75) is 38.1 Å². The Balaban J connectivity index is 3.22. The molecule has 118 valence electrons. The zero-order valence-electron chi connectivity index (χ0n) is 11.8. The number of benzene rings is 1. The summed E-state index contributed by atoms with van der Waals surface area (Å²) in [5, 5.41) is 2.79. The van der Waals surface area contributed by atoms with Crippen molar-refractivity contribution in [1.82, 2.24) is 5.32 Å². The summed E-state index contributed by atoms with van der Waals surface area (Å²) in [5.74, 6) is -1.28. The van der Waals surface area contributed by atoms with Gasteiger partial charge in [-0.05, 0) is 40.4 Å². The average molecular weight is 401 g/mol. The molecule has 1 rings (SSSR count). The van der Waals surface area contributed by atoms with Crippen LogP contribution < -0.4 is 5.32 Å². The highest BCUT2D eigenvalue weighted by Gasteiger charge is 2.23. The van der Waals surface area contributed by atoms with Gasteiger partial charge in [-0.1, -0.05) is 20.8 Å². The molecule has 8 heteroatoms. The van der Waals surface area contributed by atoms with Gasteiger partial charge in [0.1, 0.15) is 10.7 Å². The third-order valence-electron chi connectivity index (χ3n) is 3.09. The van der Waals surface area contributed by atoms with Gasteiger partial charge in [-0.25, -0.2) is 12.8 Å². The Morgan fingerprint density at radius 1 is 1.43 bits per heavy atom. The first kappa shape index (κ1) is 18.4. The molecule has 0 aliphatic carbocycles. The Hall–Kier alpha value is -0.660. The van der Waals surface area contributed by atoms with E-state index in [4.69, 9.17) is 10.7 Å². The predicted octanol–water partition coefficient (Wildman–Crippen LogP) is 3.68. The van der Waals surface area contributed by atoms with Crippen LogP contribution in [0.4, 0.5) is 4.39 Å². The monoisotopic (exact) mass is 399 g/mol. The second-order valence-electron chi connectivity index (χ2n) is 4.93. The van der Waals surface area contributed by atoms with E-state index < -0.39 is 25.7 Å². The van der Waals surface area contributed by atoms with Crippen LogP contribution in [0, 0.1) is 11.7 Å². The van der Waals surface area contributed by atoms with E-state index in [-0.39, 0.29) is 22.0 Å². The van der Waals surface area contributed by atoms with Crippen LogP contribution in [-0.2, 0) is 9.05 Å². The number of carbonyl (C=O) groups is 1. The van der Waals surface area contributed by atoms with E-state index in [1.807, 2.05) is 20.8 Å². The van der Waals surface area contributed by atoms with Crippen LogP contribution in [0.5, 0.6) is 0 Å². The largest absolute Gasteiger partial charge is 0.349 e. The van der Waals surface area contributed by atoms with Crippen molar-refractivity contribution in [3.63, 3.8) is 0 Å². The van der Waals surface area contributed by atoms with Crippen molar-refractivity contribution in [3.8, 4) is 0 Å². The van der Waals surface area contributed by atoms with Gasteiger partial charge in [0, 0.05) is 21.2 Å². The van der Waals surface area contributed by atoms with E-state index in [0.29, 0.717) is 0 Å². The molecule has 1 N–H and O–H groups in total. The maximum Gasteiger partial charge on any atom is 0.264 e. The summed E-state index contributed by atoms with van der Waals surface area (Å²) in [6.45, 7) is 5.85. The van der Waals surface area contributed by atoms with Crippen molar-refractivity contribution in [1.29, 1.82) is 0 Å². The molecule has 0 fully saturated rings. The van der Waals surface area contributed by atoms with Gasteiger partial charge in [-0.2, -0.15) is 0 Å². The molecular formula is C13H16BrClFNO3S. The highest BCUT2D eigenvalue weighted by Crippen LogP contribution is 2.26. The summed E-state index contributed by atoms with van der Waals surface area (Å²) in [4.78, 5) is 11.5. The second kappa shape index (κ2) is 7.07. The number of halogens is 3. The van der Waals surface area contributed by atoms with E-state index in [9.17, 15) is 17.6 Å². The van der Waals surface area contributed by atoms with E-state index >= 15 is 0 Å².